The van der Waals surface area contributed by atoms with Gasteiger partial charge in [-0.15, -0.1) is 0 Å². The van der Waals surface area contributed by atoms with E-state index in [-0.39, 0.29) is 23.2 Å². The normalized spacial score (nSPS) is 15.8. The summed E-state index contributed by atoms with van der Waals surface area (Å²) in [4.78, 5) is 31.1. The van der Waals surface area contributed by atoms with E-state index in [0.29, 0.717) is 17.2 Å². The SMILES string of the molecule is CCOc1ccc(N2CC[C@@H](Oc3ccc([C@H](C)NC(=O)c4sc(NC(=O)CO)nc4C)cc3)C2)cc1. The molecule has 2 atom stereocenters. The number of aromatic nitrogens is 1. The Balaban J connectivity index is 1.29. The molecule has 37 heavy (non-hydrogen) atoms. The molecule has 9 nitrogen and oxygen atoms in total. The summed E-state index contributed by atoms with van der Waals surface area (Å²) in [5, 5.41) is 14.6. The lowest BCUT2D eigenvalue weighted by atomic mass is 10.1. The van der Waals surface area contributed by atoms with Crippen LogP contribution in [0.2, 0.25) is 0 Å². The van der Waals surface area contributed by atoms with Crippen molar-refractivity contribution in [3.63, 3.8) is 0 Å². The predicted octanol–water partition coefficient (Wildman–Crippen LogP) is 3.93. The number of anilines is 2. The van der Waals surface area contributed by atoms with Gasteiger partial charge in [-0.05, 0) is 62.7 Å². The molecule has 1 aromatic heterocycles. The van der Waals surface area contributed by atoms with Crippen LogP contribution in [0.1, 0.15) is 47.2 Å². The maximum atomic E-state index is 12.8. The zero-order valence-electron chi connectivity index (χ0n) is 21.2. The number of aliphatic hydroxyl groups excluding tert-OH is 1. The molecule has 1 saturated heterocycles. The number of hydrogen-bond donors (Lipinski definition) is 3. The molecule has 2 heterocycles. The summed E-state index contributed by atoms with van der Waals surface area (Å²) in [5.41, 5.74) is 2.62. The summed E-state index contributed by atoms with van der Waals surface area (Å²) >= 11 is 1.07. The van der Waals surface area contributed by atoms with Gasteiger partial charge in [0.1, 0.15) is 29.1 Å². The van der Waals surface area contributed by atoms with Crippen molar-refractivity contribution >= 4 is 34.0 Å². The van der Waals surface area contributed by atoms with Gasteiger partial charge in [0, 0.05) is 18.7 Å². The third-order valence-corrected chi connectivity index (χ3v) is 7.15. The van der Waals surface area contributed by atoms with Gasteiger partial charge in [0.25, 0.3) is 11.8 Å². The molecule has 0 aliphatic carbocycles. The van der Waals surface area contributed by atoms with Crippen molar-refractivity contribution in [1.82, 2.24) is 10.3 Å². The highest BCUT2D eigenvalue weighted by Gasteiger charge is 2.24. The number of aryl methyl sites for hydroxylation is 1. The highest BCUT2D eigenvalue weighted by molar-refractivity contribution is 7.17. The summed E-state index contributed by atoms with van der Waals surface area (Å²) in [6.45, 7) is 7.35. The van der Waals surface area contributed by atoms with Gasteiger partial charge in [0.2, 0.25) is 0 Å². The first kappa shape index (κ1) is 26.4. The van der Waals surface area contributed by atoms with Crippen LogP contribution < -0.4 is 25.0 Å². The first-order valence-electron chi connectivity index (χ1n) is 12.3. The number of benzene rings is 2. The number of carbonyl (C=O) groups is 2. The minimum absolute atomic E-state index is 0.101. The lowest BCUT2D eigenvalue weighted by Gasteiger charge is -2.20. The number of aliphatic hydroxyl groups is 1. The molecule has 1 aliphatic rings. The Morgan fingerprint density at radius 2 is 1.86 bits per heavy atom. The number of thiazole rings is 1. The van der Waals surface area contributed by atoms with Crippen LogP contribution in [0.25, 0.3) is 0 Å². The molecule has 4 rings (SSSR count). The third-order valence-electron chi connectivity index (χ3n) is 6.08. The van der Waals surface area contributed by atoms with E-state index in [9.17, 15) is 9.59 Å². The number of nitrogens with zero attached hydrogens (tertiary/aromatic N) is 2. The molecule has 10 heteroatoms. The number of carbonyl (C=O) groups excluding carboxylic acids is 2. The van der Waals surface area contributed by atoms with Crippen molar-refractivity contribution in [2.24, 2.45) is 0 Å². The predicted molar refractivity (Wildman–Crippen MR) is 144 cm³/mol. The molecule has 196 valence electrons. The van der Waals surface area contributed by atoms with Crippen molar-refractivity contribution in [2.45, 2.75) is 39.3 Å². The van der Waals surface area contributed by atoms with Crippen molar-refractivity contribution in [3.8, 4) is 11.5 Å². The molecule has 0 unspecified atom stereocenters. The molecule has 2 amide bonds. The van der Waals surface area contributed by atoms with Crippen molar-refractivity contribution in [1.29, 1.82) is 0 Å². The van der Waals surface area contributed by atoms with Crippen LogP contribution in [-0.4, -0.2) is 54.3 Å². The van der Waals surface area contributed by atoms with E-state index in [4.69, 9.17) is 14.6 Å². The third kappa shape index (κ3) is 6.78. The second kappa shape index (κ2) is 12.1. The smallest absolute Gasteiger partial charge is 0.263 e. The summed E-state index contributed by atoms with van der Waals surface area (Å²) < 4.78 is 11.7. The summed E-state index contributed by atoms with van der Waals surface area (Å²) in [7, 11) is 0. The Morgan fingerprint density at radius 1 is 1.16 bits per heavy atom. The zero-order chi connectivity index (χ0) is 26.4. The number of hydrogen-bond acceptors (Lipinski definition) is 8. The van der Waals surface area contributed by atoms with E-state index < -0.39 is 12.5 Å². The maximum Gasteiger partial charge on any atom is 0.263 e. The number of amides is 2. The second-order valence-corrected chi connectivity index (χ2v) is 9.80. The maximum absolute atomic E-state index is 12.8. The van der Waals surface area contributed by atoms with Gasteiger partial charge >= 0.3 is 0 Å². The van der Waals surface area contributed by atoms with E-state index in [1.165, 1.54) is 0 Å². The topological polar surface area (TPSA) is 113 Å². The van der Waals surface area contributed by atoms with Crippen molar-refractivity contribution in [2.75, 3.05) is 36.5 Å². The molecular weight excluding hydrogens is 492 g/mol. The van der Waals surface area contributed by atoms with E-state index in [1.807, 2.05) is 50.2 Å². The van der Waals surface area contributed by atoms with Crippen molar-refractivity contribution in [3.05, 3.63) is 64.7 Å². The molecule has 2 aromatic carbocycles. The van der Waals surface area contributed by atoms with Crippen LogP contribution in [0.15, 0.2) is 48.5 Å². The first-order chi connectivity index (χ1) is 17.9. The van der Waals surface area contributed by atoms with Gasteiger partial charge in [-0.2, -0.15) is 0 Å². The highest BCUT2D eigenvalue weighted by Crippen LogP contribution is 2.27. The largest absolute Gasteiger partial charge is 0.494 e. The quantitative estimate of drug-likeness (QED) is 0.368. The van der Waals surface area contributed by atoms with Gasteiger partial charge in [-0.25, -0.2) is 4.98 Å². The van der Waals surface area contributed by atoms with Gasteiger partial charge in [0.05, 0.1) is 24.9 Å². The van der Waals surface area contributed by atoms with Gasteiger partial charge in [0.15, 0.2) is 5.13 Å². The zero-order valence-corrected chi connectivity index (χ0v) is 22.0. The summed E-state index contributed by atoms with van der Waals surface area (Å²) in [6, 6.07) is 15.7. The Morgan fingerprint density at radius 3 is 2.54 bits per heavy atom. The molecule has 0 spiro atoms. The molecule has 1 fully saturated rings. The van der Waals surface area contributed by atoms with Crippen LogP contribution in [0.3, 0.4) is 0 Å². The monoisotopic (exact) mass is 524 g/mol. The summed E-state index contributed by atoms with van der Waals surface area (Å²) in [6.07, 6.45) is 1.04. The Bertz CT molecular complexity index is 1210. The molecule has 0 radical (unpaired) electrons. The van der Waals surface area contributed by atoms with Crippen LogP contribution in [0, 0.1) is 6.92 Å². The number of rotatable bonds is 10. The fraction of sp³-hybridized carbons (Fsp3) is 0.370. The van der Waals surface area contributed by atoms with Crippen LogP contribution in [0.4, 0.5) is 10.8 Å². The average Bonchev–Trinajstić information content (AvgIpc) is 3.51. The molecular formula is C27H32N4O5S. The average molecular weight is 525 g/mol. The molecule has 3 aromatic rings. The van der Waals surface area contributed by atoms with Crippen LogP contribution >= 0.6 is 11.3 Å². The summed E-state index contributed by atoms with van der Waals surface area (Å²) in [5.74, 6) is 0.830. The van der Waals surface area contributed by atoms with Crippen molar-refractivity contribution < 1.29 is 24.2 Å². The second-order valence-electron chi connectivity index (χ2n) is 8.81. The molecule has 3 N–H and O–H groups in total. The highest BCUT2D eigenvalue weighted by atomic mass is 32.1. The fourth-order valence-electron chi connectivity index (χ4n) is 4.17. The lowest BCUT2D eigenvalue weighted by Crippen LogP contribution is -2.26. The Hall–Kier alpha value is -3.63. The van der Waals surface area contributed by atoms with Gasteiger partial charge in [-0.1, -0.05) is 23.5 Å². The van der Waals surface area contributed by atoms with E-state index in [2.05, 4.69) is 32.7 Å². The molecule has 0 saturated carbocycles. The lowest BCUT2D eigenvalue weighted by molar-refractivity contribution is -0.118. The Kier molecular flexibility index (Phi) is 8.62. The minimum atomic E-state index is -0.640. The van der Waals surface area contributed by atoms with Crippen LogP contribution in [0.5, 0.6) is 11.5 Å². The molecule has 1 aliphatic heterocycles. The van der Waals surface area contributed by atoms with E-state index in [0.717, 1.165) is 53.6 Å². The van der Waals surface area contributed by atoms with Gasteiger partial charge in [-0.3, -0.25) is 14.9 Å². The van der Waals surface area contributed by atoms with Crippen LogP contribution in [-0.2, 0) is 4.79 Å². The number of ether oxygens (including phenoxy) is 2. The standard InChI is InChI=1S/C27H32N4O5S/c1-4-35-21-11-7-20(8-12-21)31-14-13-23(15-31)36-22-9-5-19(6-10-22)17(2)28-26(34)25-18(3)29-27(37-25)30-24(33)16-32/h5-12,17,23,32H,4,13-16H2,1-3H3,(H,28,34)(H,29,30,33)/t17-,23+/m0/s1. The first-order valence-corrected chi connectivity index (χ1v) is 13.1. The minimum Gasteiger partial charge on any atom is -0.494 e. The number of nitrogens with one attached hydrogen (secondary N) is 2. The van der Waals surface area contributed by atoms with Gasteiger partial charge < -0.3 is 24.8 Å². The van der Waals surface area contributed by atoms with E-state index in [1.54, 1.807) is 6.92 Å². The van der Waals surface area contributed by atoms with E-state index >= 15 is 0 Å². The molecule has 0 bridgehead atoms. The fourth-order valence-corrected chi connectivity index (χ4v) is 5.06. The Labute approximate surface area is 220 Å².